The molecule has 0 aromatic heterocycles. The summed E-state index contributed by atoms with van der Waals surface area (Å²) in [6.07, 6.45) is 5.44. The molecule has 0 bridgehead atoms. The fourth-order valence-corrected chi connectivity index (χ4v) is 3.98. The van der Waals surface area contributed by atoms with E-state index in [2.05, 4.69) is 26.0 Å². The second kappa shape index (κ2) is 5.45. The molecule has 0 saturated heterocycles. The van der Waals surface area contributed by atoms with Gasteiger partial charge in [0.25, 0.3) is 0 Å². The van der Waals surface area contributed by atoms with Crippen LogP contribution in [0.2, 0.25) is 0 Å². The van der Waals surface area contributed by atoms with Crippen LogP contribution in [0.4, 0.5) is 0 Å². The van der Waals surface area contributed by atoms with Crippen LogP contribution in [0.15, 0.2) is 17.9 Å². The highest BCUT2D eigenvalue weighted by Gasteiger charge is 2.49. The Kier molecular flexibility index (Phi) is 3.75. The van der Waals surface area contributed by atoms with Gasteiger partial charge in [0.05, 0.1) is 0 Å². The van der Waals surface area contributed by atoms with Gasteiger partial charge in [0.2, 0.25) is 0 Å². The van der Waals surface area contributed by atoms with Gasteiger partial charge >= 0.3 is 5.97 Å². The monoisotopic (exact) mass is 300 g/mol. The van der Waals surface area contributed by atoms with Crippen molar-refractivity contribution in [3.8, 4) is 0 Å². The van der Waals surface area contributed by atoms with E-state index in [-0.39, 0.29) is 11.7 Å². The van der Waals surface area contributed by atoms with Crippen LogP contribution in [0.25, 0.3) is 5.57 Å². The van der Waals surface area contributed by atoms with Crippen molar-refractivity contribution in [2.24, 2.45) is 0 Å². The zero-order chi connectivity index (χ0) is 15.9. The third kappa shape index (κ3) is 2.23. The molecule has 1 saturated carbocycles. The van der Waals surface area contributed by atoms with Crippen LogP contribution in [0, 0.1) is 13.8 Å². The summed E-state index contributed by atoms with van der Waals surface area (Å²) in [7, 11) is 0. The van der Waals surface area contributed by atoms with Crippen molar-refractivity contribution >= 4 is 11.5 Å². The zero-order valence-electron chi connectivity index (χ0n) is 13.7. The lowest BCUT2D eigenvalue weighted by Gasteiger charge is -2.31. The third-order valence-electron chi connectivity index (χ3n) is 5.01. The van der Waals surface area contributed by atoms with Gasteiger partial charge < -0.3 is 9.84 Å². The van der Waals surface area contributed by atoms with Crippen LogP contribution in [-0.4, -0.2) is 16.7 Å². The Morgan fingerprint density at radius 1 is 1.18 bits per heavy atom. The molecule has 1 heterocycles. The van der Waals surface area contributed by atoms with E-state index in [1.807, 2.05) is 6.92 Å². The smallest absolute Gasteiger partial charge is 0.343 e. The van der Waals surface area contributed by atoms with Gasteiger partial charge in [-0.25, -0.2) is 4.79 Å². The molecule has 1 aromatic carbocycles. The predicted octanol–water partition coefficient (Wildman–Crippen LogP) is 4.39. The largest absolute Gasteiger partial charge is 0.507 e. The second-order valence-corrected chi connectivity index (χ2v) is 6.64. The van der Waals surface area contributed by atoms with Gasteiger partial charge in [-0.1, -0.05) is 31.0 Å². The van der Waals surface area contributed by atoms with Gasteiger partial charge in [0, 0.05) is 0 Å². The molecule has 1 aromatic rings. The Balaban J connectivity index is 2.17. The number of benzene rings is 1. The van der Waals surface area contributed by atoms with Crippen LogP contribution in [0.3, 0.4) is 0 Å². The molecule has 3 rings (SSSR count). The minimum absolute atomic E-state index is 0.166. The highest BCUT2D eigenvalue weighted by molar-refractivity contribution is 6.20. The highest BCUT2D eigenvalue weighted by Crippen LogP contribution is 2.46. The summed E-state index contributed by atoms with van der Waals surface area (Å²) in [6, 6.07) is 4.16. The van der Waals surface area contributed by atoms with Gasteiger partial charge in [-0.2, -0.15) is 0 Å². The molecule has 22 heavy (non-hydrogen) atoms. The third-order valence-corrected chi connectivity index (χ3v) is 5.01. The summed E-state index contributed by atoms with van der Waals surface area (Å²) in [5.74, 6) is -0.195. The molecule has 1 fully saturated rings. The van der Waals surface area contributed by atoms with Crippen LogP contribution in [-0.2, 0) is 16.0 Å². The molecule has 1 aliphatic carbocycles. The number of carbonyl (C=O) groups is 1. The Bertz CT molecular complexity index is 649. The second-order valence-electron chi connectivity index (χ2n) is 6.64. The Hall–Kier alpha value is -1.77. The molecule has 3 nitrogen and oxygen atoms in total. The molecule has 1 aliphatic heterocycles. The fourth-order valence-electron chi connectivity index (χ4n) is 3.98. The average molecular weight is 300 g/mol. The SMILES string of the molecule is CCc1cc(C)cc(C)c1C1=C(O)C2(CCCCC2)OC1=O. The van der Waals surface area contributed by atoms with Crippen LogP contribution in [0.5, 0.6) is 0 Å². The molecule has 118 valence electrons. The van der Waals surface area contributed by atoms with Crippen molar-refractivity contribution < 1.29 is 14.6 Å². The minimum Gasteiger partial charge on any atom is -0.507 e. The lowest BCUT2D eigenvalue weighted by Crippen LogP contribution is -2.34. The van der Waals surface area contributed by atoms with Crippen LogP contribution >= 0.6 is 0 Å². The van der Waals surface area contributed by atoms with Crippen molar-refractivity contribution in [2.75, 3.05) is 0 Å². The summed E-state index contributed by atoms with van der Waals surface area (Å²) >= 11 is 0. The molecular formula is C19H24O3. The molecule has 0 amide bonds. The molecule has 0 radical (unpaired) electrons. The van der Waals surface area contributed by atoms with E-state index in [9.17, 15) is 9.90 Å². The van der Waals surface area contributed by atoms with Gasteiger partial charge in [0.15, 0.2) is 11.4 Å². The van der Waals surface area contributed by atoms with E-state index in [1.54, 1.807) is 0 Å². The van der Waals surface area contributed by atoms with Gasteiger partial charge in [-0.15, -0.1) is 0 Å². The average Bonchev–Trinajstić information content (AvgIpc) is 2.71. The van der Waals surface area contributed by atoms with Crippen molar-refractivity contribution in [3.63, 3.8) is 0 Å². The van der Waals surface area contributed by atoms with Crippen LogP contribution in [0.1, 0.15) is 61.3 Å². The van der Waals surface area contributed by atoms with Gasteiger partial charge in [0.1, 0.15) is 5.57 Å². The molecule has 2 aliphatic rings. The van der Waals surface area contributed by atoms with Crippen molar-refractivity contribution in [2.45, 2.75) is 64.9 Å². The molecular weight excluding hydrogens is 276 g/mol. The van der Waals surface area contributed by atoms with E-state index in [1.165, 1.54) is 5.56 Å². The minimum atomic E-state index is -0.757. The van der Waals surface area contributed by atoms with Crippen LogP contribution < -0.4 is 0 Å². The maximum absolute atomic E-state index is 12.5. The molecule has 0 unspecified atom stereocenters. The summed E-state index contributed by atoms with van der Waals surface area (Å²) in [5.41, 5.74) is 3.82. The normalized spacial score (nSPS) is 20.6. The molecule has 1 spiro atoms. The number of rotatable bonds is 2. The number of hydrogen-bond donors (Lipinski definition) is 1. The maximum atomic E-state index is 12.5. The molecule has 1 N–H and O–H groups in total. The number of aliphatic hydroxyl groups is 1. The van der Waals surface area contributed by atoms with Crippen molar-refractivity contribution in [1.29, 1.82) is 0 Å². The van der Waals surface area contributed by atoms with Crippen molar-refractivity contribution in [3.05, 3.63) is 40.1 Å². The number of ether oxygens (including phenoxy) is 1. The van der Waals surface area contributed by atoms with Gasteiger partial charge in [-0.3, -0.25) is 0 Å². The topological polar surface area (TPSA) is 46.5 Å². The number of hydrogen-bond acceptors (Lipinski definition) is 3. The Labute approximate surface area is 132 Å². The zero-order valence-corrected chi connectivity index (χ0v) is 13.7. The lowest BCUT2D eigenvalue weighted by atomic mass is 9.81. The Morgan fingerprint density at radius 2 is 1.86 bits per heavy atom. The van der Waals surface area contributed by atoms with E-state index in [4.69, 9.17) is 4.74 Å². The van der Waals surface area contributed by atoms with E-state index < -0.39 is 5.60 Å². The summed E-state index contributed by atoms with van der Waals surface area (Å²) in [6.45, 7) is 6.13. The number of carbonyl (C=O) groups excluding carboxylic acids is 1. The first kappa shape index (κ1) is 15.1. The number of esters is 1. The van der Waals surface area contributed by atoms with Crippen molar-refractivity contribution in [1.82, 2.24) is 0 Å². The summed E-state index contributed by atoms with van der Waals surface area (Å²) in [5, 5.41) is 10.8. The summed E-state index contributed by atoms with van der Waals surface area (Å²) < 4.78 is 5.69. The fraction of sp³-hybridized carbons (Fsp3) is 0.526. The number of aryl methyl sites for hydroxylation is 3. The first-order valence-corrected chi connectivity index (χ1v) is 8.26. The summed E-state index contributed by atoms with van der Waals surface area (Å²) in [4.78, 5) is 12.5. The van der Waals surface area contributed by atoms with E-state index in [0.29, 0.717) is 5.57 Å². The first-order chi connectivity index (χ1) is 10.5. The number of aliphatic hydroxyl groups excluding tert-OH is 1. The first-order valence-electron chi connectivity index (χ1n) is 8.26. The highest BCUT2D eigenvalue weighted by atomic mass is 16.6. The standard InChI is InChI=1S/C19H24O3/c1-4-14-11-12(2)10-13(3)15(14)16-17(20)19(22-18(16)21)8-6-5-7-9-19/h10-11,20H,4-9H2,1-3H3. The van der Waals surface area contributed by atoms with E-state index >= 15 is 0 Å². The molecule has 0 atom stereocenters. The predicted molar refractivity (Wildman–Crippen MR) is 86.8 cm³/mol. The lowest BCUT2D eigenvalue weighted by molar-refractivity contribution is -0.149. The molecule has 3 heteroatoms. The quantitative estimate of drug-likeness (QED) is 0.824. The van der Waals surface area contributed by atoms with Gasteiger partial charge in [-0.05, 0) is 62.6 Å². The Morgan fingerprint density at radius 3 is 2.50 bits per heavy atom. The van der Waals surface area contributed by atoms with E-state index in [0.717, 1.165) is 55.2 Å². The maximum Gasteiger partial charge on any atom is 0.343 e.